The molecule has 2 aromatic rings. The molecule has 0 radical (unpaired) electrons. The number of pyridine rings is 2. The van der Waals surface area contributed by atoms with Crippen LogP contribution in [-0.4, -0.2) is 59.5 Å². The molecule has 0 N–H and O–H groups in total. The van der Waals surface area contributed by atoms with Gasteiger partial charge in [-0.05, 0) is 58.6 Å². The first-order chi connectivity index (χ1) is 14.4. The molecule has 1 aliphatic rings. The van der Waals surface area contributed by atoms with Crippen LogP contribution in [0.2, 0.25) is 0 Å². The van der Waals surface area contributed by atoms with E-state index in [1.54, 1.807) is 18.2 Å². The summed E-state index contributed by atoms with van der Waals surface area (Å²) in [7, 11) is 1.68. The molecule has 2 aromatic heterocycles. The number of ether oxygens (including phenoxy) is 3. The molecule has 0 aromatic carbocycles. The lowest BCUT2D eigenvalue weighted by atomic mass is 10.1. The number of amides is 1. The van der Waals surface area contributed by atoms with E-state index < -0.39 is 5.60 Å². The van der Waals surface area contributed by atoms with Crippen LogP contribution in [0.15, 0.2) is 24.4 Å². The van der Waals surface area contributed by atoms with E-state index >= 15 is 0 Å². The summed E-state index contributed by atoms with van der Waals surface area (Å²) in [4.78, 5) is 22.8. The Hall–Kier alpha value is -2.41. The van der Waals surface area contributed by atoms with E-state index in [4.69, 9.17) is 14.2 Å². The van der Waals surface area contributed by atoms with Gasteiger partial charge in [-0.3, -0.25) is 0 Å². The highest BCUT2D eigenvalue weighted by Crippen LogP contribution is 2.24. The van der Waals surface area contributed by atoms with Crippen LogP contribution < -0.4 is 4.74 Å². The maximum absolute atomic E-state index is 12.1. The van der Waals surface area contributed by atoms with Gasteiger partial charge in [-0.1, -0.05) is 6.42 Å². The number of fused-ring (bicyclic) bond motifs is 1. The van der Waals surface area contributed by atoms with Gasteiger partial charge in [0.25, 0.3) is 0 Å². The summed E-state index contributed by atoms with van der Waals surface area (Å²) in [5.74, 6) is 0.821. The number of hydrogen-bond donors (Lipinski definition) is 0. The van der Waals surface area contributed by atoms with Gasteiger partial charge in [-0.15, -0.1) is 0 Å². The van der Waals surface area contributed by atoms with E-state index in [0.29, 0.717) is 19.7 Å². The van der Waals surface area contributed by atoms with Gasteiger partial charge < -0.3 is 19.1 Å². The Morgan fingerprint density at radius 2 is 2.10 bits per heavy atom. The molecule has 1 atom stereocenters. The predicted octanol–water partition coefficient (Wildman–Crippen LogP) is 4.38. The van der Waals surface area contributed by atoms with Crippen LogP contribution >= 0.6 is 0 Å². The minimum absolute atomic E-state index is 0.106. The van der Waals surface area contributed by atoms with Gasteiger partial charge in [-0.2, -0.15) is 0 Å². The molecule has 7 heteroatoms. The van der Waals surface area contributed by atoms with Crippen LogP contribution in [0.25, 0.3) is 11.0 Å². The minimum Gasteiger partial charge on any atom is -0.496 e. The zero-order valence-electron chi connectivity index (χ0n) is 18.5. The maximum atomic E-state index is 12.1. The molecule has 0 aliphatic carbocycles. The van der Waals surface area contributed by atoms with Gasteiger partial charge >= 0.3 is 6.09 Å². The lowest BCUT2D eigenvalue weighted by Crippen LogP contribution is -2.36. The van der Waals surface area contributed by atoms with Gasteiger partial charge in [0.2, 0.25) is 0 Å². The highest BCUT2D eigenvalue weighted by molar-refractivity contribution is 5.81. The third-order valence-corrected chi connectivity index (χ3v) is 5.05. The number of hydrogen-bond acceptors (Lipinski definition) is 6. The van der Waals surface area contributed by atoms with Crippen molar-refractivity contribution in [3.05, 3.63) is 30.1 Å². The molecule has 3 heterocycles. The first kappa shape index (κ1) is 22.3. The quantitative estimate of drug-likeness (QED) is 0.596. The minimum atomic E-state index is -0.462. The molecule has 1 amide bonds. The Morgan fingerprint density at radius 3 is 2.87 bits per heavy atom. The summed E-state index contributed by atoms with van der Waals surface area (Å²) in [6, 6.07) is 5.87. The highest BCUT2D eigenvalue weighted by Gasteiger charge is 2.30. The van der Waals surface area contributed by atoms with E-state index in [2.05, 4.69) is 9.97 Å². The molecule has 7 nitrogen and oxygen atoms in total. The normalized spacial score (nSPS) is 16.8. The molecular weight excluding hydrogens is 382 g/mol. The molecule has 0 saturated carbocycles. The molecule has 164 valence electrons. The average Bonchev–Trinajstić information content (AvgIpc) is 3.18. The largest absolute Gasteiger partial charge is 0.496 e. The summed E-state index contributed by atoms with van der Waals surface area (Å²) in [5.41, 5.74) is 1.27. The van der Waals surface area contributed by atoms with Crippen molar-refractivity contribution in [2.24, 2.45) is 0 Å². The fourth-order valence-electron chi connectivity index (χ4n) is 3.56. The Kier molecular flexibility index (Phi) is 7.48. The number of aryl methyl sites for hydroxylation is 1. The van der Waals surface area contributed by atoms with Crippen molar-refractivity contribution in [2.45, 2.75) is 64.6 Å². The number of nitrogens with zero attached hydrogens (tertiary/aromatic N) is 3. The van der Waals surface area contributed by atoms with Gasteiger partial charge in [0.15, 0.2) is 5.65 Å². The summed E-state index contributed by atoms with van der Waals surface area (Å²) in [5, 5.41) is 0.939. The lowest BCUT2D eigenvalue weighted by molar-refractivity contribution is 0.0206. The van der Waals surface area contributed by atoms with Gasteiger partial charge in [-0.25, -0.2) is 14.8 Å². The standard InChI is InChI=1S/C23H33N3O4/c1-23(2,3)30-22(27)26-13-11-18(16-26)29-14-7-5-6-9-17-15-20(28-4)19-10-8-12-24-21(19)25-17/h8,10,12,15,18H,5-7,9,11,13-14,16H2,1-4H3/t18-/m1/s1. The summed E-state index contributed by atoms with van der Waals surface area (Å²) >= 11 is 0. The number of rotatable bonds is 8. The second kappa shape index (κ2) is 10.1. The van der Waals surface area contributed by atoms with E-state index in [1.165, 1.54) is 0 Å². The second-order valence-corrected chi connectivity index (χ2v) is 8.71. The topological polar surface area (TPSA) is 73.8 Å². The van der Waals surface area contributed by atoms with Gasteiger partial charge in [0.1, 0.15) is 11.4 Å². The second-order valence-electron chi connectivity index (χ2n) is 8.71. The summed E-state index contributed by atoms with van der Waals surface area (Å²) in [6.07, 6.45) is 6.45. The molecule has 1 fully saturated rings. The number of carbonyl (C=O) groups is 1. The number of methoxy groups -OCH3 is 1. The van der Waals surface area contributed by atoms with Gasteiger partial charge in [0, 0.05) is 31.1 Å². The molecule has 0 spiro atoms. The van der Waals surface area contributed by atoms with E-state index in [9.17, 15) is 4.79 Å². The van der Waals surface area contributed by atoms with Crippen LogP contribution in [0.3, 0.4) is 0 Å². The third-order valence-electron chi connectivity index (χ3n) is 5.05. The number of aromatic nitrogens is 2. The van der Waals surface area contributed by atoms with Crippen molar-refractivity contribution >= 4 is 17.1 Å². The van der Waals surface area contributed by atoms with E-state index in [1.807, 2.05) is 39.0 Å². The maximum Gasteiger partial charge on any atom is 0.410 e. The highest BCUT2D eigenvalue weighted by atomic mass is 16.6. The Balaban J connectivity index is 1.35. The van der Waals surface area contributed by atoms with Crippen LogP contribution in [0, 0.1) is 0 Å². The summed E-state index contributed by atoms with van der Waals surface area (Å²) in [6.45, 7) is 7.67. The Labute approximate surface area is 178 Å². The van der Waals surface area contributed by atoms with Gasteiger partial charge in [0.05, 0.1) is 25.1 Å². The van der Waals surface area contributed by atoms with Crippen molar-refractivity contribution in [3.63, 3.8) is 0 Å². The third kappa shape index (κ3) is 6.29. The van der Waals surface area contributed by atoms with E-state index in [0.717, 1.165) is 54.6 Å². The Morgan fingerprint density at radius 1 is 1.27 bits per heavy atom. The number of unbranched alkanes of at least 4 members (excludes halogenated alkanes) is 2. The average molecular weight is 416 g/mol. The molecule has 0 unspecified atom stereocenters. The number of carbonyl (C=O) groups excluding carboxylic acids is 1. The van der Waals surface area contributed by atoms with Crippen LogP contribution in [-0.2, 0) is 15.9 Å². The van der Waals surface area contributed by atoms with Crippen LogP contribution in [0.1, 0.15) is 52.1 Å². The smallest absolute Gasteiger partial charge is 0.410 e. The molecule has 0 bridgehead atoms. The molecule has 1 aliphatic heterocycles. The molecule has 3 rings (SSSR count). The monoisotopic (exact) mass is 415 g/mol. The zero-order chi connectivity index (χ0) is 21.6. The predicted molar refractivity (Wildman–Crippen MR) is 116 cm³/mol. The molecule has 30 heavy (non-hydrogen) atoms. The van der Waals surface area contributed by atoms with Crippen LogP contribution in [0.4, 0.5) is 4.79 Å². The lowest BCUT2D eigenvalue weighted by Gasteiger charge is -2.24. The zero-order valence-corrected chi connectivity index (χ0v) is 18.5. The van der Waals surface area contributed by atoms with Crippen molar-refractivity contribution in [3.8, 4) is 5.75 Å². The Bertz CT molecular complexity index is 850. The SMILES string of the molecule is COc1cc(CCCCCO[C@@H]2CCN(C(=O)OC(C)(C)C)C2)nc2ncccc12. The van der Waals surface area contributed by atoms with E-state index in [-0.39, 0.29) is 12.2 Å². The van der Waals surface area contributed by atoms with Crippen LogP contribution in [0.5, 0.6) is 5.75 Å². The number of likely N-dealkylation sites (tertiary alicyclic amines) is 1. The van der Waals surface area contributed by atoms with Crippen molar-refractivity contribution in [1.29, 1.82) is 0 Å². The summed E-state index contributed by atoms with van der Waals surface area (Å²) < 4.78 is 16.9. The fraction of sp³-hybridized carbons (Fsp3) is 0.609. The first-order valence-electron chi connectivity index (χ1n) is 10.7. The molecule has 1 saturated heterocycles. The van der Waals surface area contributed by atoms with Crippen molar-refractivity contribution in [2.75, 3.05) is 26.8 Å². The van der Waals surface area contributed by atoms with Crippen molar-refractivity contribution in [1.82, 2.24) is 14.9 Å². The van der Waals surface area contributed by atoms with Crippen molar-refractivity contribution < 1.29 is 19.0 Å². The fourth-order valence-corrected chi connectivity index (χ4v) is 3.56. The molecular formula is C23H33N3O4. The first-order valence-corrected chi connectivity index (χ1v) is 10.7.